The first-order valence-corrected chi connectivity index (χ1v) is 13.2. The maximum Gasteiger partial charge on any atom is 0.236 e. The second-order valence-electron chi connectivity index (χ2n) is 8.95. The molecule has 0 aliphatic rings. The van der Waals surface area contributed by atoms with Crippen LogP contribution in [0.4, 0.5) is 11.4 Å². The minimum atomic E-state index is -3.49. The predicted molar refractivity (Wildman–Crippen MR) is 144 cm³/mol. The number of aryl methyl sites for hydroxylation is 1. The lowest BCUT2D eigenvalue weighted by molar-refractivity contribution is 0.457. The van der Waals surface area contributed by atoms with Crippen molar-refractivity contribution in [1.82, 2.24) is 19.1 Å². The molecule has 0 atom stereocenters. The number of sulfonamides is 1. The number of anilines is 2. The fourth-order valence-electron chi connectivity index (χ4n) is 4.43. The number of aromatic nitrogens is 4. The van der Waals surface area contributed by atoms with Crippen LogP contribution in [0.5, 0.6) is 5.88 Å². The molecule has 2 N–H and O–H groups in total. The van der Waals surface area contributed by atoms with Gasteiger partial charge in [0.25, 0.3) is 0 Å². The van der Waals surface area contributed by atoms with Crippen molar-refractivity contribution in [3.63, 3.8) is 0 Å². The van der Waals surface area contributed by atoms with Gasteiger partial charge in [-0.15, -0.1) is 0 Å². The number of para-hydroxylation sites is 1. The van der Waals surface area contributed by atoms with E-state index in [0.717, 1.165) is 27.7 Å². The molecule has 5 rings (SSSR count). The fraction of sp³-hybridized carbons (Fsp3) is 0.231. The van der Waals surface area contributed by atoms with E-state index in [1.807, 2.05) is 55.0 Å². The number of rotatable bonds is 7. The Morgan fingerprint density at radius 2 is 1.83 bits per heavy atom. The number of imidazole rings is 1. The van der Waals surface area contributed by atoms with E-state index in [0.29, 0.717) is 29.1 Å². The van der Waals surface area contributed by atoms with Crippen molar-refractivity contribution in [2.24, 2.45) is 7.05 Å². The minimum Gasteiger partial charge on any atom is -0.492 e. The Morgan fingerprint density at radius 3 is 2.53 bits per heavy atom. The summed E-state index contributed by atoms with van der Waals surface area (Å²) in [5, 5.41) is 11.2. The molecular formula is C26H28N6O3S. The average Bonchev–Trinajstić information content (AvgIpc) is 3.38. The smallest absolute Gasteiger partial charge is 0.236 e. The summed E-state index contributed by atoms with van der Waals surface area (Å²) >= 11 is 0. The molecule has 36 heavy (non-hydrogen) atoms. The molecule has 0 bridgehead atoms. The van der Waals surface area contributed by atoms with Gasteiger partial charge in [-0.25, -0.2) is 18.4 Å². The summed E-state index contributed by atoms with van der Waals surface area (Å²) in [6, 6.07) is 15.6. The number of fused-ring (bicyclic) bond motifs is 2. The first-order valence-electron chi connectivity index (χ1n) is 11.6. The van der Waals surface area contributed by atoms with Gasteiger partial charge in [-0.3, -0.25) is 4.72 Å². The Morgan fingerprint density at radius 1 is 1.08 bits per heavy atom. The van der Waals surface area contributed by atoms with Crippen LogP contribution in [0.2, 0.25) is 0 Å². The Bertz CT molecular complexity index is 1680. The maximum atomic E-state index is 12.4. The summed E-state index contributed by atoms with van der Waals surface area (Å²) in [6.45, 7) is 2.12. The number of hydrogen-bond acceptors (Lipinski definition) is 6. The summed E-state index contributed by atoms with van der Waals surface area (Å²) < 4.78 is 31.3. The number of benzene rings is 2. The summed E-state index contributed by atoms with van der Waals surface area (Å²) in [4.78, 5) is 11.0. The van der Waals surface area contributed by atoms with E-state index in [-0.39, 0.29) is 11.6 Å². The second kappa shape index (κ2) is 8.87. The number of nitrogens with zero attached hydrogens (tertiary/aromatic N) is 5. The van der Waals surface area contributed by atoms with Crippen molar-refractivity contribution < 1.29 is 13.5 Å². The molecule has 9 nitrogen and oxygen atoms in total. The van der Waals surface area contributed by atoms with Gasteiger partial charge in [0.2, 0.25) is 15.9 Å². The lowest BCUT2D eigenvalue weighted by Gasteiger charge is -2.14. The molecule has 0 aliphatic carbocycles. The van der Waals surface area contributed by atoms with Crippen LogP contribution >= 0.6 is 0 Å². The predicted octanol–water partition coefficient (Wildman–Crippen LogP) is 4.17. The second-order valence-corrected chi connectivity index (χ2v) is 11.0. The van der Waals surface area contributed by atoms with Gasteiger partial charge in [0.1, 0.15) is 16.9 Å². The molecule has 186 valence electrons. The van der Waals surface area contributed by atoms with E-state index in [9.17, 15) is 13.5 Å². The molecule has 0 saturated carbocycles. The number of aromatic hydroxyl groups is 1. The SMILES string of the molecule is CCS(=O)(=O)Nc1cccc2c1nc(-c1cn(C)c3c(O)nccc13)n2Cc1ccc(N(C)C)cc1. The van der Waals surface area contributed by atoms with E-state index in [1.165, 1.54) is 0 Å². The largest absolute Gasteiger partial charge is 0.492 e. The molecule has 0 saturated heterocycles. The third-order valence-electron chi connectivity index (χ3n) is 6.33. The zero-order chi connectivity index (χ0) is 25.6. The van der Waals surface area contributed by atoms with Gasteiger partial charge >= 0.3 is 0 Å². The van der Waals surface area contributed by atoms with Crippen molar-refractivity contribution in [2.45, 2.75) is 13.5 Å². The summed E-state index contributed by atoms with van der Waals surface area (Å²) in [5.41, 5.74) is 5.39. The van der Waals surface area contributed by atoms with Gasteiger partial charge in [-0.2, -0.15) is 0 Å². The van der Waals surface area contributed by atoms with E-state index in [2.05, 4.69) is 38.5 Å². The van der Waals surface area contributed by atoms with Crippen LogP contribution in [0.3, 0.4) is 0 Å². The van der Waals surface area contributed by atoms with Crippen LogP contribution in [0.15, 0.2) is 60.9 Å². The monoisotopic (exact) mass is 504 g/mol. The normalized spacial score (nSPS) is 11.9. The van der Waals surface area contributed by atoms with Crippen LogP contribution in [-0.2, 0) is 23.6 Å². The van der Waals surface area contributed by atoms with Gasteiger partial charge in [-0.1, -0.05) is 18.2 Å². The highest BCUT2D eigenvalue weighted by Crippen LogP contribution is 2.36. The molecule has 5 aromatic rings. The van der Waals surface area contributed by atoms with Crippen molar-refractivity contribution >= 4 is 43.3 Å². The number of hydrogen-bond donors (Lipinski definition) is 2. The average molecular weight is 505 g/mol. The molecule has 0 amide bonds. The van der Waals surface area contributed by atoms with Gasteiger partial charge in [-0.05, 0) is 42.8 Å². The third-order valence-corrected chi connectivity index (χ3v) is 7.62. The molecule has 2 aromatic carbocycles. The molecular weight excluding hydrogens is 476 g/mol. The summed E-state index contributed by atoms with van der Waals surface area (Å²) in [7, 11) is 2.36. The molecule has 0 fully saturated rings. The molecule has 0 unspecified atom stereocenters. The van der Waals surface area contributed by atoms with Gasteiger partial charge in [0, 0.05) is 56.7 Å². The van der Waals surface area contributed by atoms with E-state index >= 15 is 0 Å². The number of pyridine rings is 1. The topological polar surface area (TPSA) is 105 Å². The van der Waals surface area contributed by atoms with Crippen molar-refractivity contribution in [3.05, 3.63) is 66.5 Å². The first kappa shape index (κ1) is 23.7. The standard InChI is InChI=1S/C26H28N6O3S/c1-5-36(34,35)29-21-7-6-8-22-23(21)28-25(20-16-31(4)24-19(20)13-14-27-26(24)33)32(22)15-17-9-11-18(12-10-17)30(2)3/h6-14,16,29H,5,15H2,1-4H3,(H,27,33). The lowest BCUT2D eigenvalue weighted by Crippen LogP contribution is -2.14. The zero-order valence-corrected chi connectivity index (χ0v) is 21.4. The van der Waals surface area contributed by atoms with Crippen molar-refractivity contribution in [2.75, 3.05) is 29.5 Å². The molecule has 10 heteroatoms. The molecule has 3 heterocycles. The van der Waals surface area contributed by atoms with E-state index < -0.39 is 10.0 Å². The molecule has 0 radical (unpaired) electrons. The molecule has 3 aromatic heterocycles. The highest BCUT2D eigenvalue weighted by atomic mass is 32.2. The van der Waals surface area contributed by atoms with Crippen LogP contribution in [0.1, 0.15) is 12.5 Å². The lowest BCUT2D eigenvalue weighted by atomic mass is 10.1. The number of nitrogens with one attached hydrogen (secondary N) is 1. The molecule has 0 aliphatic heterocycles. The quantitative estimate of drug-likeness (QED) is 0.345. The summed E-state index contributed by atoms with van der Waals surface area (Å²) in [6.07, 6.45) is 3.48. The minimum absolute atomic E-state index is 0.0369. The van der Waals surface area contributed by atoms with Crippen LogP contribution in [-0.4, -0.2) is 52.5 Å². The van der Waals surface area contributed by atoms with E-state index in [4.69, 9.17) is 4.98 Å². The highest BCUT2D eigenvalue weighted by Gasteiger charge is 2.21. The summed E-state index contributed by atoms with van der Waals surface area (Å²) in [5.74, 6) is 0.575. The Labute approximate surface area is 209 Å². The van der Waals surface area contributed by atoms with Crippen LogP contribution in [0, 0.1) is 0 Å². The first-order chi connectivity index (χ1) is 17.2. The van der Waals surface area contributed by atoms with Gasteiger partial charge < -0.3 is 19.1 Å². The van der Waals surface area contributed by atoms with E-state index in [1.54, 1.807) is 19.2 Å². The van der Waals surface area contributed by atoms with Gasteiger partial charge in [0.05, 0.1) is 17.0 Å². The van der Waals surface area contributed by atoms with Crippen molar-refractivity contribution in [1.29, 1.82) is 0 Å². The van der Waals surface area contributed by atoms with Crippen LogP contribution in [0.25, 0.3) is 33.3 Å². The van der Waals surface area contributed by atoms with Crippen LogP contribution < -0.4 is 9.62 Å². The highest BCUT2D eigenvalue weighted by molar-refractivity contribution is 7.92. The van der Waals surface area contributed by atoms with Crippen molar-refractivity contribution in [3.8, 4) is 17.3 Å². The maximum absolute atomic E-state index is 12.4. The fourth-order valence-corrected chi connectivity index (χ4v) is 5.07. The molecule has 0 spiro atoms. The van der Waals surface area contributed by atoms with Gasteiger partial charge in [0.15, 0.2) is 0 Å². The Hall–Kier alpha value is -4.05. The third kappa shape index (κ3) is 4.13. The zero-order valence-electron chi connectivity index (χ0n) is 20.6. The Kier molecular flexibility index (Phi) is 5.83. The Balaban J connectivity index is 1.74.